The Balaban J connectivity index is 1.58. The summed E-state index contributed by atoms with van der Waals surface area (Å²) >= 11 is 0. The van der Waals surface area contributed by atoms with Gasteiger partial charge in [-0.15, -0.1) is 0 Å². The molecule has 1 atom stereocenters. The summed E-state index contributed by atoms with van der Waals surface area (Å²) in [6, 6.07) is 1.12. The lowest BCUT2D eigenvalue weighted by Gasteiger charge is -2.33. The highest BCUT2D eigenvalue weighted by Gasteiger charge is 2.29. The van der Waals surface area contributed by atoms with Gasteiger partial charge < -0.3 is 10.3 Å². The van der Waals surface area contributed by atoms with Gasteiger partial charge in [-0.2, -0.15) is 4.31 Å². The van der Waals surface area contributed by atoms with E-state index >= 15 is 0 Å². The van der Waals surface area contributed by atoms with Gasteiger partial charge in [0.05, 0.1) is 12.5 Å². The minimum absolute atomic E-state index is 0.210. The number of aromatic nitrogens is 3. The topological polar surface area (TPSA) is 120 Å². The van der Waals surface area contributed by atoms with Crippen molar-refractivity contribution in [2.45, 2.75) is 25.3 Å². The monoisotopic (exact) mass is 352 g/mol. The number of nitrogens with one attached hydrogen (secondary N) is 3. The first-order valence-electron chi connectivity index (χ1n) is 7.75. The average molecular weight is 352 g/mol. The number of aromatic amines is 1. The summed E-state index contributed by atoms with van der Waals surface area (Å²) < 4.78 is 25.1. The van der Waals surface area contributed by atoms with Gasteiger partial charge >= 0.3 is 6.03 Å². The summed E-state index contributed by atoms with van der Waals surface area (Å²) in [7, 11) is -3.26. The van der Waals surface area contributed by atoms with Crippen LogP contribution < -0.4 is 10.6 Å². The van der Waals surface area contributed by atoms with Gasteiger partial charge in [-0.3, -0.25) is 5.32 Å². The molecule has 1 fully saturated rings. The van der Waals surface area contributed by atoms with Crippen molar-refractivity contribution in [2.75, 3.05) is 24.7 Å². The number of hydrogen-bond donors (Lipinski definition) is 3. The largest absolute Gasteiger partial charge is 0.345 e. The molecule has 1 unspecified atom stereocenters. The fourth-order valence-corrected chi connectivity index (χ4v) is 4.06. The number of hydrogen-bond acceptors (Lipinski definition) is 5. The van der Waals surface area contributed by atoms with Crippen LogP contribution in [0.4, 0.5) is 10.6 Å². The zero-order valence-corrected chi connectivity index (χ0v) is 14.1. The number of fused-ring (bicyclic) bond motifs is 1. The number of carbonyl (C=O) groups is 1. The first kappa shape index (κ1) is 16.7. The number of carbonyl (C=O) groups excluding carboxylic acids is 1. The number of piperidine rings is 1. The third-order valence-electron chi connectivity index (χ3n) is 4.00. The highest BCUT2D eigenvalue weighted by Crippen LogP contribution is 2.19. The molecule has 24 heavy (non-hydrogen) atoms. The van der Waals surface area contributed by atoms with E-state index in [4.69, 9.17) is 0 Å². The summed E-state index contributed by atoms with van der Waals surface area (Å²) in [5.74, 6) is 0.336. The maximum Gasteiger partial charge on any atom is 0.320 e. The lowest BCUT2D eigenvalue weighted by molar-refractivity contribution is 0.232. The van der Waals surface area contributed by atoms with Crippen molar-refractivity contribution in [3.05, 3.63) is 18.5 Å². The van der Waals surface area contributed by atoms with Crippen molar-refractivity contribution in [3.63, 3.8) is 0 Å². The zero-order chi connectivity index (χ0) is 17.2. The van der Waals surface area contributed by atoms with Crippen molar-refractivity contribution < 1.29 is 13.2 Å². The molecule has 1 saturated heterocycles. The van der Waals surface area contributed by atoms with E-state index in [2.05, 4.69) is 25.6 Å². The normalized spacial score (nSPS) is 19.3. The van der Waals surface area contributed by atoms with Gasteiger partial charge in [-0.05, 0) is 18.9 Å². The third kappa shape index (κ3) is 3.82. The predicted molar refractivity (Wildman–Crippen MR) is 90.1 cm³/mol. The quantitative estimate of drug-likeness (QED) is 0.755. The Morgan fingerprint density at radius 1 is 1.46 bits per heavy atom. The number of H-pyrrole nitrogens is 1. The highest BCUT2D eigenvalue weighted by atomic mass is 32.2. The van der Waals surface area contributed by atoms with Gasteiger partial charge in [0.2, 0.25) is 10.0 Å². The van der Waals surface area contributed by atoms with Crippen LogP contribution in [0.3, 0.4) is 0 Å². The maximum absolute atomic E-state index is 12.0. The summed E-state index contributed by atoms with van der Waals surface area (Å²) in [6.45, 7) is 0.765. The van der Waals surface area contributed by atoms with Gasteiger partial charge in [0.1, 0.15) is 5.52 Å². The SMILES string of the molecule is CS(=O)(=O)N1CCCCC1CNC(=O)Nc1cnc2[nH]ccc2n1. The van der Waals surface area contributed by atoms with E-state index < -0.39 is 16.1 Å². The number of rotatable bonds is 4. The van der Waals surface area contributed by atoms with Gasteiger partial charge in [0, 0.05) is 25.3 Å². The Morgan fingerprint density at radius 2 is 2.29 bits per heavy atom. The molecule has 0 aromatic carbocycles. The molecule has 0 spiro atoms. The molecule has 9 nitrogen and oxygen atoms in total. The molecule has 0 bridgehead atoms. The Labute approximate surface area is 139 Å². The van der Waals surface area contributed by atoms with E-state index in [1.54, 1.807) is 12.3 Å². The van der Waals surface area contributed by atoms with Crippen molar-refractivity contribution in [3.8, 4) is 0 Å². The van der Waals surface area contributed by atoms with Crippen LogP contribution in [0.2, 0.25) is 0 Å². The minimum atomic E-state index is -3.26. The van der Waals surface area contributed by atoms with Gasteiger partial charge in [0.25, 0.3) is 0 Å². The van der Waals surface area contributed by atoms with E-state index in [0.29, 0.717) is 23.5 Å². The van der Waals surface area contributed by atoms with Crippen LogP contribution >= 0.6 is 0 Å². The number of nitrogens with zero attached hydrogens (tertiary/aromatic N) is 3. The molecule has 1 aliphatic heterocycles. The average Bonchev–Trinajstić information content (AvgIpc) is 3.00. The fourth-order valence-electron chi connectivity index (χ4n) is 2.88. The minimum Gasteiger partial charge on any atom is -0.345 e. The predicted octanol–water partition coefficient (Wildman–Crippen LogP) is 0.893. The lowest BCUT2D eigenvalue weighted by Crippen LogP contribution is -2.49. The van der Waals surface area contributed by atoms with Crippen LogP contribution in [0.15, 0.2) is 18.5 Å². The molecule has 3 rings (SSSR count). The molecule has 3 heterocycles. The van der Waals surface area contributed by atoms with Crippen LogP contribution in [0, 0.1) is 0 Å². The molecule has 3 N–H and O–H groups in total. The van der Waals surface area contributed by atoms with Crippen LogP contribution in [0.25, 0.3) is 11.2 Å². The smallest absolute Gasteiger partial charge is 0.320 e. The Bertz CT molecular complexity index is 834. The second kappa shape index (κ2) is 6.73. The molecule has 2 aromatic rings. The van der Waals surface area contributed by atoms with Crippen LogP contribution in [0.1, 0.15) is 19.3 Å². The van der Waals surface area contributed by atoms with Crippen molar-refractivity contribution in [1.82, 2.24) is 24.6 Å². The molecule has 10 heteroatoms. The van der Waals surface area contributed by atoms with E-state index in [1.807, 2.05) is 0 Å². The summed E-state index contributed by atoms with van der Waals surface area (Å²) in [5, 5.41) is 5.32. The first-order chi connectivity index (χ1) is 11.4. The molecule has 130 valence electrons. The van der Waals surface area contributed by atoms with Crippen molar-refractivity contribution in [1.29, 1.82) is 0 Å². The molecule has 0 aliphatic carbocycles. The van der Waals surface area contributed by atoms with Crippen LogP contribution in [-0.2, 0) is 10.0 Å². The maximum atomic E-state index is 12.0. The van der Waals surface area contributed by atoms with Gasteiger partial charge in [0.15, 0.2) is 11.5 Å². The van der Waals surface area contributed by atoms with Crippen molar-refractivity contribution >= 4 is 33.0 Å². The third-order valence-corrected chi connectivity index (χ3v) is 5.33. The van der Waals surface area contributed by atoms with E-state index in [0.717, 1.165) is 19.3 Å². The number of sulfonamides is 1. The number of anilines is 1. The highest BCUT2D eigenvalue weighted by molar-refractivity contribution is 7.88. The van der Waals surface area contributed by atoms with E-state index in [9.17, 15) is 13.2 Å². The molecular weight excluding hydrogens is 332 g/mol. The first-order valence-corrected chi connectivity index (χ1v) is 9.60. The van der Waals surface area contributed by atoms with E-state index in [1.165, 1.54) is 16.8 Å². The lowest BCUT2D eigenvalue weighted by atomic mass is 10.1. The molecule has 2 amide bonds. The van der Waals surface area contributed by atoms with Gasteiger partial charge in [-0.1, -0.05) is 6.42 Å². The molecule has 2 aromatic heterocycles. The molecular formula is C14H20N6O3S. The van der Waals surface area contributed by atoms with Crippen LogP contribution in [-0.4, -0.2) is 59.1 Å². The number of urea groups is 1. The Kier molecular flexibility index (Phi) is 4.67. The second-order valence-corrected chi connectivity index (χ2v) is 7.76. The Hall–Kier alpha value is -2.20. The summed E-state index contributed by atoms with van der Waals surface area (Å²) in [5.41, 5.74) is 1.30. The van der Waals surface area contributed by atoms with Crippen LogP contribution in [0.5, 0.6) is 0 Å². The van der Waals surface area contributed by atoms with Gasteiger partial charge in [-0.25, -0.2) is 23.2 Å². The molecule has 0 radical (unpaired) electrons. The number of amides is 2. The fraction of sp³-hybridized carbons (Fsp3) is 0.500. The second-order valence-electron chi connectivity index (χ2n) is 5.83. The van der Waals surface area contributed by atoms with Crippen molar-refractivity contribution in [2.24, 2.45) is 0 Å². The van der Waals surface area contributed by atoms with E-state index in [-0.39, 0.29) is 12.6 Å². The Morgan fingerprint density at radius 3 is 3.08 bits per heavy atom. The summed E-state index contributed by atoms with van der Waals surface area (Å²) in [4.78, 5) is 23.3. The zero-order valence-electron chi connectivity index (χ0n) is 13.3. The standard InChI is InChI=1S/C14H20N6O3S/c1-24(22,23)20-7-3-2-4-10(20)8-17-14(21)19-12-9-16-13-11(18-12)5-6-15-13/h5-6,9-10H,2-4,7-8H2,1H3,(H,15,16)(H2,17,18,19,21). The molecule has 1 aliphatic rings. The molecule has 0 saturated carbocycles. The summed E-state index contributed by atoms with van der Waals surface area (Å²) in [6.07, 6.45) is 6.92.